The summed E-state index contributed by atoms with van der Waals surface area (Å²) >= 11 is 0. The molecule has 0 unspecified atom stereocenters. The molecule has 1 saturated heterocycles. The number of methoxy groups -OCH3 is 1. The normalized spacial score (nSPS) is 18.4. The second kappa shape index (κ2) is 11.4. The first-order valence-electron chi connectivity index (χ1n) is 11.7. The van der Waals surface area contributed by atoms with E-state index in [0.717, 1.165) is 11.8 Å². The van der Waals surface area contributed by atoms with E-state index in [1.54, 1.807) is 7.11 Å². The average Bonchev–Trinajstić information content (AvgIpc) is 2.81. The zero-order chi connectivity index (χ0) is 21.3. The van der Waals surface area contributed by atoms with Crippen molar-refractivity contribution in [2.24, 2.45) is 5.92 Å². The first kappa shape index (κ1) is 22.6. The summed E-state index contributed by atoms with van der Waals surface area (Å²) in [6.45, 7) is 11.2. The van der Waals surface area contributed by atoms with E-state index >= 15 is 0 Å². The van der Waals surface area contributed by atoms with Crippen molar-refractivity contribution < 1.29 is 4.74 Å². The second-order valence-electron chi connectivity index (χ2n) is 9.01. The van der Waals surface area contributed by atoms with Gasteiger partial charge < -0.3 is 9.64 Å². The highest BCUT2D eigenvalue weighted by Gasteiger charge is 2.27. The monoisotopic (exact) mass is 405 g/mol. The molecule has 1 aliphatic heterocycles. The number of hydrogen-bond donors (Lipinski definition) is 0. The van der Waals surface area contributed by atoms with E-state index in [9.17, 15) is 0 Å². The van der Waals surface area contributed by atoms with E-state index in [0.29, 0.717) is 5.92 Å². The third-order valence-electron chi connectivity index (χ3n) is 6.79. The fourth-order valence-corrected chi connectivity index (χ4v) is 4.74. The van der Waals surface area contributed by atoms with E-state index in [1.165, 1.54) is 80.3 Å². The Kier molecular flexibility index (Phi) is 8.57. The molecule has 4 rings (SSSR count). The van der Waals surface area contributed by atoms with Crippen molar-refractivity contribution in [2.75, 3.05) is 20.2 Å². The number of likely N-dealkylation sites (tertiary alicyclic amines) is 1. The summed E-state index contributed by atoms with van der Waals surface area (Å²) in [6, 6.07) is 17.7. The zero-order valence-corrected chi connectivity index (χ0v) is 19.2. The summed E-state index contributed by atoms with van der Waals surface area (Å²) in [5, 5.41) is 0. The second-order valence-corrected chi connectivity index (χ2v) is 9.01. The van der Waals surface area contributed by atoms with Gasteiger partial charge in [-0.15, -0.1) is 0 Å². The fourth-order valence-electron chi connectivity index (χ4n) is 4.74. The van der Waals surface area contributed by atoms with Crippen LogP contribution >= 0.6 is 0 Å². The minimum atomic E-state index is 0.688. The molecule has 1 aliphatic carbocycles. The molecule has 2 fully saturated rings. The number of rotatable bonds is 4. The molecule has 1 saturated carbocycles. The van der Waals surface area contributed by atoms with Gasteiger partial charge in [0.05, 0.1) is 7.11 Å². The highest BCUT2D eigenvalue weighted by atomic mass is 16.5. The molecule has 0 N–H and O–H groups in total. The lowest BCUT2D eigenvalue weighted by Crippen LogP contribution is -2.42. The maximum absolute atomic E-state index is 4.97. The lowest BCUT2D eigenvalue weighted by Gasteiger charge is -2.39. The topological polar surface area (TPSA) is 12.5 Å². The van der Waals surface area contributed by atoms with E-state index in [1.807, 2.05) is 24.3 Å². The molecule has 0 amide bonds. The van der Waals surface area contributed by atoms with Crippen LogP contribution in [0.15, 0.2) is 55.1 Å². The van der Waals surface area contributed by atoms with Crippen molar-refractivity contribution in [3.63, 3.8) is 0 Å². The van der Waals surface area contributed by atoms with Gasteiger partial charge in [0.25, 0.3) is 0 Å². The molecule has 162 valence electrons. The maximum Gasteiger partial charge on any atom is 0.118 e. The van der Waals surface area contributed by atoms with E-state index < -0.39 is 0 Å². The molecule has 2 aromatic carbocycles. The Balaban J connectivity index is 0.000000239. The number of benzene rings is 2. The predicted octanol–water partition coefficient (Wildman–Crippen LogP) is 7.06. The predicted molar refractivity (Wildman–Crippen MR) is 129 cm³/mol. The Hall–Kier alpha value is -2.06. The lowest BCUT2D eigenvalue weighted by molar-refractivity contribution is 0.119. The van der Waals surface area contributed by atoms with E-state index in [4.69, 9.17) is 4.74 Å². The molecule has 2 heteroatoms. The average molecular weight is 406 g/mol. The largest absolute Gasteiger partial charge is 0.497 e. The Labute approximate surface area is 184 Å². The van der Waals surface area contributed by atoms with Gasteiger partial charge in [-0.25, -0.2) is 0 Å². The molecule has 2 nitrogen and oxygen atoms in total. The van der Waals surface area contributed by atoms with Crippen LogP contribution in [0.3, 0.4) is 0 Å². The number of nitrogens with zero attached hydrogens (tertiary/aromatic N) is 1. The number of piperidine rings is 1. The summed E-state index contributed by atoms with van der Waals surface area (Å²) in [5.41, 5.74) is 5.30. The molecule has 0 spiro atoms. The highest BCUT2D eigenvalue weighted by molar-refractivity contribution is 5.65. The van der Waals surface area contributed by atoms with Crippen LogP contribution in [0.25, 0.3) is 5.57 Å². The van der Waals surface area contributed by atoms with Crippen molar-refractivity contribution in [1.82, 2.24) is 4.90 Å². The maximum atomic E-state index is 4.97. The van der Waals surface area contributed by atoms with Gasteiger partial charge in [0.2, 0.25) is 0 Å². The molecule has 2 aromatic rings. The molecular weight excluding hydrogens is 366 g/mol. The van der Waals surface area contributed by atoms with Crippen LogP contribution in [0.2, 0.25) is 0 Å². The number of ether oxygens (including phenoxy) is 1. The van der Waals surface area contributed by atoms with Gasteiger partial charge in [0.15, 0.2) is 0 Å². The summed E-state index contributed by atoms with van der Waals surface area (Å²) in [6.07, 6.45) is 9.80. The molecule has 30 heavy (non-hydrogen) atoms. The van der Waals surface area contributed by atoms with Gasteiger partial charge in [-0.05, 0) is 81.8 Å². The third kappa shape index (κ3) is 6.47. The van der Waals surface area contributed by atoms with Gasteiger partial charge in [-0.3, -0.25) is 0 Å². The SMILES string of the molecule is C=C(c1ccc(C)cc1)C1CCN(C2CCCCC2)CC1.COc1ccc(C)cc1. The quantitative estimate of drug-likeness (QED) is 0.540. The van der Waals surface area contributed by atoms with Crippen LogP contribution in [0.1, 0.15) is 61.6 Å². The Morgan fingerprint density at radius 2 is 1.33 bits per heavy atom. The number of allylic oxidation sites excluding steroid dienone is 1. The highest BCUT2D eigenvalue weighted by Crippen LogP contribution is 2.33. The lowest BCUT2D eigenvalue weighted by atomic mass is 9.84. The van der Waals surface area contributed by atoms with Crippen molar-refractivity contribution in [1.29, 1.82) is 0 Å². The first-order chi connectivity index (χ1) is 14.6. The molecular formula is C28H39NO. The van der Waals surface area contributed by atoms with Crippen molar-refractivity contribution in [2.45, 2.75) is 64.8 Å². The van der Waals surface area contributed by atoms with Gasteiger partial charge >= 0.3 is 0 Å². The number of hydrogen-bond acceptors (Lipinski definition) is 2. The van der Waals surface area contributed by atoms with Crippen LogP contribution in [-0.2, 0) is 0 Å². The number of aryl methyl sites for hydroxylation is 2. The summed E-state index contributed by atoms with van der Waals surface area (Å²) < 4.78 is 4.97. The van der Waals surface area contributed by atoms with Crippen LogP contribution < -0.4 is 4.74 Å². The van der Waals surface area contributed by atoms with Gasteiger partial charge in [-0.1, -0.05) is 73.4 Å². The van der Waals surface area contributed by atoms with E-state index in [2.05, 4.69) is 49.6 Å². The summed E-state index contributed by atoms with van der Waals surface area (Å²) in [5.74, 6) is 1.60. The minimum absolute atomic E-state index is 0.688. The Morgan fingerprint density at radius 1 is 0.800 bits per heavy atom. The molecule has 1 heterocycles. The first-order valence-corrected chi connectivity index (χ1v) is 11.7. The van der Waals surface area contributed by atoms with Crippen molar-refractivity contribution in [3.05, 3.63) is 71.8 Å². The molecule has 0 radical (unpaired) electrons. The van der Waals surface area contributed by atoms with Gasteiger partial charge in [-0.2, -0.15) is 0 Å². The van der Waals surface area contributed by atoms with Gasteiger partial charge in [0.1, 0.15) is 5.75 Å². The van der Waals surface area contributed by atoms with Crippen LogP contribution in [0.5, 0.6) is 5.75 Å². The fraction of sp³-hybridized carbons (Fsp3) is 0.500. The zero-order valence-electron chi connectivity index (χ0n) is 19.2. The third-order valence-corrected chi connectivity index (χ3v) is 6.79. The standard InChI is InChI=1S/C20H29N.C8H10O/c1-16-8-10-18(11-9-16)17(2)19-12-14-21(15-13-19)20-6-4-3-5-7-20;1-7-3-5-8(9-2)6-4-7/h8-11,19-20H,2-7,12-15H2,1H3;3-6H,1-2H3. The van der Waals surface area contributed by atoms with Crippen molar-refractivity contribution in [3.8, 4) is 5.75 Å². The summed E-state index contributed by atoms with van der Waals surface area (Å²) in [7, 11) is 1.67. The Bertz CT molecular complexity index is 763. The van der Waals surface area contributed by atoms with Crippen LogP contribution in [0.4, 0.5) is 0 Å². The van der Waals surface area contributed by atoms with E-state index in [-0.39, 0.29) is 0 Å². The van der Waals surface area contributed by atoms with Crippen LogP contribution in [-0.4, -0.2) is 31.1 Å². The molecule has 0 atom stereocenters. The van der Waals surface area contributed by atoms with Crippen molar-refractivity contribution >= 4 is 5.57 Å². The molecule has 0 aromatic heterocycles. The molecule has 2 aliphatic rings. The van der Waals surface area contributed by atoms with Gasteiger partial charge in [0, 0.05) is 6.04 Å². The Morgan fingerprint density at radius 3 is 1.87 bits per heavy atom. The minimum Gasteiger partial charge on any atom is -0.497 e. The summed E-state index contributed by atoms with van der Waals surface area (Å²) in [4.78, 5) is 2.76. The molecule has 0 bridgehead atoms. The smallest absolute Gasteiger partial charge is 0.118 e. The van der Waals surface area contributed by atoms with Crippen LogP contribution in [0, 0.1) is 19.8 Å².